The summed E-state index contributed by atoms with van der Waals surface area (Å²) in [6.07, 6.45) is -0.260. The Kier molecular flexibility index (Phi) is 6.98. The van der Waals surface area contributed by atoms with Gasteiger partial charge in [-0.15, -0.1) is 0 Å². The Morgan fingerprint density at radius 1 is 1.18 bits per heavy atom. The molecule has 6 nitrogen and oxygen atoms in total. The van der Waals surface area contributed by atoms with Gasteiger partial charge in [0, 0.05) is 5.02 Å². The van der Waals surface area contributed by atoms with Gasteiger partial charge in [-0.2, -0.15) is 0 Å². The first-order valence-corrected chi connectivity index (χ1v) is 7.37. The number of ether oxygens (including phenoxy) is 1. The summed E-state index contributed by atoms with van der Waals surface area (Å²) in [7, 11) is 0. The largest absolute Gasteiger partial charge is 0.480 e. The Labute approximate surface area is 134 Å². The molecule has 0 spiro atoms. The molecule has 0 aromatic heterocycles. The van der Waals surface area contributed by atoms with Crippen molar-refractivity contribution in [2.75, 3.05) is 0 Å². The molecule has 1 rings (SSSR count). The first-order valence-electron chi connectivity index (χ1n) is 7.00. The van der Waals surface area contributed by atoms with Crippen LogP contribution < -0.4 is 15.4 Å². The number of carbonyl (C=O) groups excluding carboxylic acids is 1. The third-order valence-electron chi connectivity index (χ3n) is 2.77. The molecule has 3 N–H and O–H groups in total. The summed E-state index contributed by atoms with van der Waals surface area (Å²) in [5.41, 5.74) is 0. The first kappa shape index (κ1) is 18.1. The Bertz CT molecular complexity index is 505. The highest BCUT2D eigenvalue weighted by molar-refractivity contribution is 6.30. The van der Waals surface area contributed by atoms with Gasteiger partial charge in [0.25, 0.3) is 0 Å². The van der Waals surface area contributed by atoms with Gasteiger partial charge in [-0.25, -0.2) is 9.59 Å². The first-order chi connectivity index (χ1) is 10.3. The van der Waals surface area contributed by atoms with Crippen molar-refractivity contribution in [3.8, 4) is 5.75 Å². The Hall–Kier alpha value is -1.95. The molecule has 7 heteroatoms. The minimum atomic E-state index is -1.06. The van der Waals surface area contributed by atoms with Crippen molar-refractivity contribution in [2.45, 2.75) is 39.5 Å². The number of amides is 2. The summed E-state index contributed by atoms with van der Waals surface area (Å²) >= 11 is 5.77. The predicted octanol–water partition coefficient (Wildman–Crippen LogP) is 2.86. The number of hydrogen-bond donors (Lipinski definition) is 3. The fourth-order valence-corrected chi connectivity index (χ4v) is 1.95. The molecule has 2 atom stereocenters. The standard InChI is InChI=1S/C15H21ClN2O4/c1-9(2)8-13(14(19)20)18-15(21)17-10(3)22-12-6-4-11(16)5-7-12/h4-7,9-10,13H,8H2,1-3H3,(H,19,20)(H2,17,18,21). The van der Waals surface area contributed by atoms with Gasteiger partial charge < -0.3 is 20.5 Å². The van der Waals surface area contributed by atoms with Crippen molar-refractivity contribution < 1.29 is 19.4 Å². The van der Waals surface area contributed by atoms with E-state index < -0.39 is 24.3 Å². The van der Waals surface area contributed by atoms with Crippen LogP contribution in [-0.4, -0.2) is 29.4 Å². The van der Waals surface area contributed by atoms with E-state index in [1.54, 1.807) is 31.2 Å². The van der Waals surface area contributed by atoms with Gasteiger partial charge in [0.1, 0.15) is 11.8 Å². The highest BCUT2D eigenvalue weighted by atomic mass is 35.5. The zero-order valence-electron chi connectivity index (χ0n) is 12.8. The molecule has 22 heavy (non-hydrogen) atoms. The van der Waals surface area contributed by atoms with Crippen molar-refractivity contribution in [3.05, 3.63) is 29.3 Å². The number of halogens is 1. The van der Waals surface area contributed by atoms with Gasteiger partial charge in [-0.3, -0.25) is 0 Å². The molecule has 0 aliphatic carbocycles. The number of hydrogen-bond acceptors (Lipinski definition) is 3. The maximum absolute atomic E-state index is 11.8. The van der Waals surface area contributed by atoms with Crippen molar-refractivity contribution in [2.24, 2.45) is 5.92 Å². The maximum atomic E-state index is 11.8. The summed E-state index contributed by atoms with van der Waals surface area (Å²) in [6, 6.07) is 5.19. The molecule has 122 valence electrons. The number of rotatable bonds is 7. The minimum Gasteiger partial charge on any atom is -0.480 e. The number of nitrogens with one attached hydrogen (secondary N) is 2. The minimum absolute atomic E-state index is 0.157. The molecule has 0 heterocycles. The summed E-state index contributed by atoms with van der Waals surface area (Å²) in [5, 5.41) is 14.6. The van der Waals surface area contributed by atoms with Gasteiger partial charge in [0.2, 0.25) is 0 Å². The third-order valence-corrected chi connectivity index (χ3v) is 3.02. The lowest BCUT2D eigenvalue weighted by atomic mass is 10.0. The van der Waals surface area contributed by atoms with E-state index in [2.05, 4.69) is 10.6 Å². The smallest absolute Gasteiger partial charge is 0.326 e. The second-order valence-corrected chi connectivity index (χ2v) is 5.79. The van der Waals surface area contributed by atoms with Crippen LogP contribution in [0.5, 0.6) is 5.75 Å². The van der Waals surface area contributed by atoms with Crippen molar-refractivity contribution in [3.63, 3.8) is 0 Å². The molecule has 2 unspecified atom stereocenters. The Balaban J connectivity index is 2.48. The zero-order valence-corrected chi connectivity index (χ0v) is 13.6. The molecule has 0 bridgehead atoms. The SMILES string of the molecule is CC(C)CC(NC(=O)NC(C)Oc1ccc(Cl)cc1)C(=O)O. The molecule has 0 saturated carbocycles. The second-order valence-electron chi connectivity index (χ2n) is 5.35. The topological polar surface area (TPSA) is 87.7 Å². The molecule has 2 amide bonds. The Morgan fingerprint density at radius 2 is 1.77 bits per heavy atom. The summed E-state index contributed by atoms with van der Waals surface area (Å²) in [6.45, 7) is 5.43. The van der Waals surface area contributed by atoms with Crippen LogP contribution in [-0.2, 0) is 4.79 Å². The van der Waals surface area contributed by atoms with Crippen LogP contribution in [0.15, 0.2) is 24.3 Å². The van der Waals surface area contributed by atoms with E-state index >= 15 is 0 Å². The van der Waals surface area contributed by atoms with Gasteiger partial charge >= 0.3 is 12.0 Å². The molecule has 0 aliphatic heterocycles. The monoisotopic (exact) mass is 328 g/mol. The van der Waals surface area contributed by atoms with E-state index in [1.165, 1.54) is 0 Å². The van der Waals surface area contributed by atoms with Crippen molar-refractivity contribution in [1.29, 1.82) is 0 Å². The molecule has 0 saturated heterocycles. The van der Waals surface area contributed by atoms with Gasteiger partial charge in [0.05, 0.1) is 0 Å². The van der Waals surface area contributed by atoms with Crippen LogP contribution in [0.1, 0.15) is 27.2 Å². The van der Waals surface area contributed by atoms with E-state index in [9.17, 15) is 9.59 Å². The highest BCUT2D eigenvalue weighted by Gasteiger charge is 2.21. The van der Waals surface area contributed by atoms with Crippen LogP contribution in [0.2, 0.25) is 5.02 Å². The van der Waals surface area contributed by atoms with Crippen LogP contribution in [0.4, 0.5) is 4.79 Å². The van der Waals surface area contributed by atoms with Crippen molar-refractivity contribution in [1.82, 2.24) is 10.6 Å². The van der Waals surface area contributed by atoms with Crippen LogP contribution in [0.3, 0.4) is 0 Å². The van der Waals surface area contributed by atoms with E-state index in [-0.39, 0.29) is 5.92 Å². The van der Waals surface area contributed by atoms with Gasteiger partial charge in [-0.05, 0) is 43.5 Å². The second kappa shape index (κ2) is 8.48. The number of urea groups is 1. The number of benzene rings is 1. The molecular weight excluding hydrogens is 308 g/mol. The number of carboxylic acids is 1. The van der Waals surface area contributed by atoms with E-state index in [4.69, 9.17) is 21.4 Å². The zero-order chi connectivity index (χ0) is 16.7. The molecule has 0 aliphatic rings. The summed E-state index contributed by atoms with van der Waals surface area (Å²) in [5.74, 6) is -0.353. The average Bonchev–Trinajstić information content (AvgIpc) is 2.39. The lowest BCUT2D eigenvalue weighted by molar-refractivity contribution is -0.139. The normalized spacial score (nSPS) is 13.3. The maximum Gasteiger partial charge on any atom is 0.326 e. The molecule has 0 radical (unpaired) electrons. The molecular formula is C15H21ClN2O4. The Morgan fingerprint density at radius 3 is 2.27 bits per heavy atom. The van der Waals surface area contributed by atoms with Crippen LogP contribution in [0, 0.1) is 5.92 Å². The highest BCUT2D eigenvalue weighted by Crippen LogP contribution is 2.16. The summed E-state index contributed by atoms with van der Waals surface area (Å²) in [4.78, 5) is 22.9. The van der Waals surface area contributed by atoms with Crippen LogP contribution in [0.25, 0.3) is 0 Å². The van der Waals surface area contributed by atoms with Gasteiger partial charge in [0.15, 0.2) is 6.23 Å². The van der Waals surface area contributed by atoms with E-state index in [1.807, 2.05) is 13.8 Å². The fraction of sp³-hybridized carbons (Fsp3) is 0.467. The molecule has 0 fully saturated rings. The molecule has 1 aromatic rings. The lowest BCUT2D eigenvalue weighted by Crippen LogP contribution is -2.50. The molecule has 1 aromatic carbocycles. The van der Waals surface area contributed by atoms with Gasteiger partial charge in [-0.1, -0.05) is 25.4 Å². The quantitative estimate of drug-likeness (QED) is 0.672. The predicted molar refractivity (Wildman–Crippen MR) is 84.1 cm³/mol. The summed E-state index contributed by atoms with van der Waals surface area (Å²) < 4.78 is 5.49. The van der Waals surface area contributed by atoms with E-state index in [0.29, 0.717) is 17.2 Å². The number of aliphatic carboxylic acids is 1. The van der Waals surface area contributed by atoms with Crippen LogP contribution >= 0.6 is 11.6 Å². The number of carbonyl (C=O) groups is 2. The average molecular weight is 329 g/mol. The number of carboxylic acid groups (broad SMARTS) is 1. The van der Waals surface area contributed by atoms with Crippen molar-refractivity contribution >= 4 is 23.6 Å². The fourth-order valence-electron chi connectivity index (χ4n) is 1.82. The van der Waals surface area contributed by atoms with E-state index in [0.717, 1.165) is 0 Å². The lowest BCUT2D eigenvalue weighted by Gasteiger charge is -2.20. The third kappa shape index (κ3) is 6.67.